The second-order valence-electron chi connectivity index (χ2n) is 14.1. The molecule has 1 fully saturated rings. The van der Waals surface area contributed by atoms with Crippen LogP contribution in [0.25, 0.3) is 0 Å². The average molecular weight is 578 g/mol. The quantitative estimate of drug-likeness (QED) is 0.154. The smallest absolute Gasteiger partial charge is 0.0253 e. The van der Waals surface area contributed by atoms with E-state index in [1.807, 2.05) is 12.2 Å². The van der Waals surface area contributed by atoms with Crippen molar-refractivity contribution in [2.75, 3.05) is 0 Å². The molecule has 1 heterocycles. The fourth-order valence-corrected chi connectivity index (χ4v) is 8.89. The van der Waals surface area contributed by atoms with Crippen LogP contribution in [0.15, 0.2) is 107 Å². The summed E-state index contributed by atoms with van der Waals surface area (Å²) in [6.07, 6.45) is 47.7. The van der Waals surface area contributed by atoms with Crippen LogP contribution in [0.3, 0.4) is 0 Å². The van der Waals surface area contributed by atoms with Crippen molar-refractivity contribution in [3.05, 3.63) is 107 Å². The van der Waals surface area contributed by atoms with E-state index >= 15 is 0 Å². The minimum Gasteiger partial charge on any atom is -0.405 e. The van der Waals surface area contributed by atoms with E-state index in [-0.39, 0.29) is 6.04 Å². The molecule has 0 amide bonds. The molecule has 3 nitrogen and oxygen atoms in total. The summed E-state index contributed by atoms with van der Waals surface area (Å²) >= 11 is 0. The maximum atomic E-state index is 6.44. The Balaban J connectivity index is 1.16. The molecule has 43 heavy (non-hydrogen) atoms. The number of nitrogens with zero attached hydrogens (tertiary/aromatic N) is 1. The Bertz CT molecular complexity index is 1270. The summed E-state index contributed by atoms with van der Waals surface area (Å²) in [4.78, 5) is 2.78. The first-order valence-electron chi connectivity index (χ1n) is 17.5. The Morgan fingerprint density at radius 2 is 1.72 bits per heavy atom. The van der Waals surface area contributed by atoms with E-state index in [4.69, 9.17) is 11.5 Å². The van der Waals surface area contributed by atoms with Gasteiger partial charge in [-0.05, 0) is 126 Å². The summed E-state index contributed by atoms with van der Waals surface area (Å²) in [6, 6.07) is 0.135. The molecule has 0 aromatic rings. The molecule has 6 aliphatic rings. The zero-order valence-electron chi connectivity index (χ0n) is 26.5. The van der Waals surface area contributed by atoms with Gasteiger partial charge in [-0.15, -0.1) is 0 Å². The van der Waals surface area contributed by atoms with Crippen LogP contribution in [-0.2, 0) is 0 Å². The SMILES string of the molecule is C/C(=C\C=C/N)C(N)CCCCC1C=C2C(CC1)C1CCC(C3C=CCC(C4=CC=CCC4)C3)C=C1N2C1=CC=CCC1. The molecular formula is C40H55N3. The van der Waals surface area contributed by atoms with Crippen LogP contribution in [0.5, 0.6) is 0 Å². The van der Waals surface area contributed by atoms with Crippen LogP contribution in [0.1, 0.15) is 96.8 Å². The monoisotopic (exact) mass is 577 g/mol. The predicted octanol–water partition coefficient (Wildman–Crippen LogP) is 9.52. The lowest BCUT2D eigenvalue weighted by Gasteiger charge is -2.36. The Hall–Kier alpha value is -2.78. The average Bonchev–Trinajstić information content (AvgIpc) is 3.39. The summed E-state index contributed by atoms with van der Waals surface area (Å²) in [5, 5.41) is 0. The van der Waals surface area contributed by atoms with Crippen LogP contribution in [0.4, 0.5) is 0 Å². The first-order chi connectivity index (χ1) is 21.1. The number of unbranched alkanes of at least 4 members (excludes halogenated alkanes) is 1. The highest BCUT2D eigenvalue weighted by Gasteiger charge is 2.46. The fraction of sp³-hybridized carbons (Fsp3) is 0.550. The molecule has 7 atom stereocenters. The summed E-state index contributed by atoms with van der Waals surface area (Å²) in [5.74, 6) is 4.21. The van der Waals surface area contributed by atoms with Gasteiger partial charge < -0.3 is 16.4 Å². The summed E-state index contributed by atoms with van der Waals surface area (Å²) in [6.45, 7) is 2.12. The number of hydrogen-bond donors (Lipinski definition) is 2. The molecule has 0 radical (unpaired) electrons. The first-order valence-corrected chi connectivity index (χ1v) is 17.5. The molecule has 0 spiro atoms. The van der Waals surface area contributed by atoms with Gasteiger partial charge in [0.1, 0.15) is 0 Å². The van der Waals surface area contributed by atoms with Crippen LogP contribution in [0.2, 0.25) is 0 Å². The Kier molecular flexibility index (Phi) is 10.1. The van der Waals surface area contributed by atoms with Crippen molar-refractivity contribution in [1.29, 1.82) is 0 Å². The van der Waals surface area contributed by atoms with E-state index in [9.17, 15) is 0 Å². The molecule has 5 aliphatic carbocycles. The lowest BCUT2D eigenvalue weighted by Crippen LogP contribution is -2.26. The Labute approximate surface area is 261 Å². The van der Waals surface area contributed by atoms with Gasteiger partial charge in [0.05, 0.1) is 0 Å². The molecule has 1 aliphatic heterocycles. The highest BCUT2D eigenvalue weighted by Crippen LogP contribution is 2.55. The molecule has 7 unspecified atom stereocenters. The molecule has 0 aromatic carbocycles. The number of allylic oxidation sites excluding steroid dienone is 16. The van der Waals surface area contributed by atoms with Gasteiger partial charge in [-0.25, -0.2) is 0 Å². The zero-order valence-corrected chi connectivity index (χ0v) is 26.5. The van der Waals surface area contributed by atoms with Gasteiger partial charge in [-0.1, -0.05) is 84.7 Å². The minimum atomic E-state index is 0.135. The van der Waals surface area contributed by atoms with Gasteiger partial charge in [-0.2, -0.15) is 0 Å². The lowest BCUT2D eigenvalue weighted by molar-refractivity contribution is 0.284. The van der Waals surface area contributed by atoms with E-state index in [2.05, 4.69) is 72.6 Å². The van der Waals surface area contributed by atoms with Crippen LogP contribution in [0, 0.1) is 35.5 Å². The van der Waals surface area contributed by atoms with Gasteiger partial charge in [0.15, 0.2) is 0 Å². The molecule has 6 rings (SSSR count). The van der Waals surface area contributed by atoms with Gasteiger partial charge in [0.2, 0.25) is 0 Å². The van der Waals surface area contributed by atoms with Crippen molar-refractivity contribution in [2.24, 2.45) is 47.0 Å². The number of likely N-dealkylation sites (tertiary alicyclic amines) is 1. The first kappa shape index (κ1) is 30.3. The van der Waals surface area contributed by atoms with E-state index in [1.165, 1.54) is 81.9 Å². The van der Waals surface area contributed by atoms with E-state index < -0.39 is 0 Å². The second kappa shape index (κ2) is 14.3. The van der Waals surface area contributed by atoms with E-state index in [1.54, 1.807) is 23.2 Å². The maximum absolute atomic E-state index is 6.44. The van der Waals surface area contributed by atoms with Crippen LogP contribution >= 0.6 is 0 Å². The van der Waals surface area contributed by atoms with Crippen LogP contribution in [-0.4, -0.2) is 10.9 Å². The minimum absolute atomic E-state index is 0.135. The molecule has 0 bridgehead atoms. The number of nitrogens with two attached hydrogens (primary N) is 2. The summed E-state index contributed by atoms with van der Waals surface area (Å²) < 4.78 is 0. The van der Waals surface area contributed by atoms with Crippen molar-refractivity contribution >= 4 is 0 Å². The molecule has 0 aromatic heterocycles. The Morgan fingerprint density at radius 1 is 0.930 bits per heavy atom. The highest BCUT2D eigenvalue weighted by molar-refractivity contribution is 5.39. The number of hydrogen-bond acceptors (Lipinski definition) is 3. The molecular weight excluding hydrogens is 522 g/mol. The van der Waals surface area contributed by atoms with Crippen molar-refractivity contribution in [1.82, 2.24) is 4.90 Å². The second-order valence-corrected chi connectivity index (χ2v) is 14.1. The number of rotatable bonds is 10. The molecule has 4 N–H and O–H groups in total. The topological polar surface area (TPSA) is 55.3 Å². The van der Waals surface area contributed by atoms with Crippen molar-refractivity contribution < 1.29 is 0 Å². The zero-order chi connectivity index (χ0) is 29.6. The standard InChI is InChI=1S/C40H55N3/c1-29(12-11-25-41)38(42)20-9-8-13-30-21-23-36-37-24-22-34(33-17-10-16-32(27-33)31-14-4-2-5-15-31)28-40(37)43(39(36)26-30)35-18-6-3-7-19-35/h2-4,6,10-12,14,17-18,25-26,28,30,32-34,36-38H,5,7-9,13,15-16,19-24,27,41-42H2,1H3/b25-11-,29-12+. The van der Waals surface area contributed by atoms with Crippen molar-refractivity contribution in [3.63, 3.8) is 0 Å². The third-order valence-electron chi connectivity index (χ3n) is 11.4. The molecule has 1 saturated heterocycles. The molecule has 3 heteroatoms. The Morgan fingerprint density at radius 3 is 2.49 bits per heavy atom. The van der Waals surface area contributed by atoms with Gasteiger partial charge in [-0.3, -0.25) is 0 Å². The van der Waals surface area contributed by atoms with Crippen molar-refractivity contribution in [2.45, 2.75) is 103 Å². The molecule has 230 valence electrons. The fourth-order valence-electron chi connectivity index (χ4n) is 8.89. The lowest BCUT2D eigenvalue weighted by atomic mass is 9.69. The predicted molar refractivity (Wildman–Crippen MR) is 182 cm³/mol. The van der Waals surface area contributed by atoms with Gasteiger partial charge >= 0.3 is 0 Å². The summed E-state index contributed by atoms with van der Waals surface area (Å²) in [5.41, 5.74) is 19.7. The maximum Gasteiger partial charge on any atom is 0.0253 e. The molecule has 0 saturated carbocycles. The van der Waals surface area contributed by atoms with Gasteiger partial charge in [0.25, 0.3) is 0 Å². The summed E-state index contributed by atoms with van der Waals surface area (Å²) in [7, 11) is 0. The van der Waals surface area contributed by atoms with Gasteiger partial charge in [0, 0.05) is 35.0 Å². The highest BCUT2D eigenvalue weighted by atomic mass is 15.2. The third-order valence-corrected chi connectivity index (χ3v) is 11.4. The third kappa shape index (κ3) is 6.98. The van der Waals surface area contributed by atoms with E-state index in [0.29, 0.717) is 29.6 Å². The normalized spacial score (nSPS) is 33.1. The van der Waals surface area contributed by atoms with E-state index in [0.717, 1.165) is 25.2 Å². The largest absolute Gasteiger partial charge is 0.405 e. The van der Waals surface area contributed by atoms with Crippen LogP contribution < -0.4 is 11.5 Å². The number of fused-ring (bicyclic) bond motifs is 3. The van der Waals surface area contributed by atoms with Crippen molar-refractivity contribution in [3.8, 4) is 0 Å².